The molecule has 24 heavy (non-hydrogen) atoms. The number of halogens is 1. The molecule has 0 aliphatic heterocycles. The van der Waals surface area contributed by atoms with Crippen molar-refractivity contribution in [2.45, 2.75) is 25.9 Å². The second kappa shape index (κ2) is 7.77. The average Bonchev–Trinajstić information content (AvgIpc) is 3.16. The summed E-state index contributed by atoms with van der Waals surface area (Å²) in [5, 5.41) is 22.1. The van der Waals surface area contributed by atoms with Crippen LogP contribution < -0.4 is 10.1 Å². The fourth-order valence-electron chi connectivity index (χ4n) is 2.02. The number of methoxy groups -OCH3 is 1. The number of nitrogens with zero attached hydrogens (tertiary/aromatic N) is 5. The van der Waals surface area contributed by atoms with Gasteiger partial charge in [-0.2, -0.15) is 5.10 Å². The van der Waals surface area contributed by atoms with E-state index in [1.54, 1.807) is 24.0 Å². The molecule has 11 heteroatoms. The summed E-state index contributed by atoms with van der Waals surface area (Å²) in [6.45, 7) is 2.64. The summed E-state index contributed by atoms with van der Waals surface area (Å²) in [5.41, 5.74) is -0.285. The zero-order valence-corrected chi connectivity index (χ0v) is 13.9. The van der Waals surface area contributed by atoms with E-state index in [0.717, 1.165) is 0 Å². The van der Waals surface area contributed by atoms with Gasteiger partial charge in [-0.25, -0.2) is 4.68 Å². The Morgan fingerprint density at radius 2 is 2.29 bits per heavy atom. The topological polar surface area (TPSA) is 117 Å². The molecule has 2 rings (SSSR count). The summed E-state index contributed by atoms with van der Waals surface area (Å²) < 4.78 is 7.73. The van der Waals surface area contributed by atoms with Crippen LogP contribution in [0.15, 0.2) is 18.6 Å². The zero-order chi connectivity index (χ0) is 17.7. The Labute approximate surface area is 142 Å². The number of nitrogens with one attached hydrogen (secondary N) is 1. The molecule has 1 N–H and O–H groups in total. The van der Waals surface area contributed by atoms with E-state index in [1.807, 2.05) is 0 Å². The summed E-state index contributed by atoms with van der Waals surface area (Å²) in [6, 6.07) is -0.702. The molecule has 130 valence electrons. The molecule has 2 aromatic heterocycles. The van der Waals surface area contributed by atoms with Crippen LogP contribution in [0.1, 0.15) is 19.4 Å². The third-order valence-corrected chi connectivity index (χ3v) is 3.51. The van der Waals surface area contributed by atoms with Crippen molar-refractivity contribution >= 4 is 23.2 Å². The SMILES string of the molecule is COc1nn(C(C)C(=O)NCCCn2cc(Cl)cn2)cc1[N+](=O)[O-]. The summed E-state index contributed by atoms with van der Waals surface area (Å²) in [7, 11) is 1.28. The third-order valence-electron chi connectivity index (χ3n) is 3.31. The van der Waals surface area contributed by atoms with E-state index in [0.29, 0.717) is 24.5 Å². The predicted molar refractivity (Wildman–Crippen MR) is 85.0 cm³/mol. The van der Waals surface area contributed by atoms with Crippen LogP contribution in [0.4, 0.5) is 5.69 Å². The molecule has 2 heterocycles. The van der Waals surface area contributed by atoms with Crippen LogP contribution in [0.5, 0.6) is 5.88 Å². The number of rotatable bonds is 8. The fourth-order valence-corrected chi connectivity index (χ4v) is 2.17. The predicted octanol–water partition coefficient (Wildman–Crippen LogP) is 1.42. The van der Waals surface area contributed by atoms with Gasteiger partial charge in [-0.05, 0) is 13.3 Å². The van der Waals surface area contributed by atoms with Crippen molar-refractivity contribution in [1.82, 2.24) is 24.9 Å². The van der Waals surface area contributed by atoms with Crippen molar-refractivity contribution < 1.29 is 14.5 Å². The average molecular weight is 357 g/mol. The molecule has 1 unspecified atom stereocenters. The third kappa shape index (κ3) is 4.22. The van der Waals surface area contributed by atoms with Crippen LogP contribution in [0.25, 0.3) is 0 Å². The minimum atomic E-state index is -0.702. The number of amides is 1. The molecular weight excluding hydrogens is 340 g/mol. The van der Waals surface area contributed by atoms with Gasteiger partial charge >= 0.3 is 11.6 Å². The van der Waals surface area contributed by atoms with E-state index in [4.69, 9.17) is 16.3 Å². The summed E-state index contributed by atoms with van der Waals surface area (Å²) in [4.78, 5) is 22.4. The van der Waals surface area contributed by atoms with E-state index < -0.39 is 11.0 Å². The standard InChI is InChI=1S/C13H17ClN6O4/c1-9(19-8-11(20(22)23)13(17-19)24-2)12(21)15-4-3-5-18-7-10(14)6-16-18/h6-9H,3-5H2,1-2H3,(H,15,21). The highest BCUT2D eigenvalue weighted by molar-refractivity contribution is 6.30. The largest absolute Gasteiger partial charge is 0.475 e. The molecule has 0 aromatic carbocycles. The Hall–Kier alpha value is -2.62. The normalized spacial score (nSPS) is 12.0. The Kier molecular flexibility index (Phi) is 5.74. The number of hydrogen-bond acceptors (Lipinski definition) is 6. The first-order valence-electron chi connectivity index (χ1n) is 7.15. The van der Waals surface area contributed by atoms with Gasteiger partial charge in [-0.3, -0.25) is 19.6 Å². The van der Waals surface area contributed by atoms with Gasteiger partial charge in [0.05, 0.1) is 23.3 Å². The van der Waals surface area contributed by atoms with Crippen LogP contribution in [-0.4, -0.2) is 44.0 Å². The number of carbonyl (C=O) groups excluding carboxylic acids is 1. The molecule has 0 saturated carbocycles. The quantitative estimate of drug-likeness (QED) is 0.434. The van der Waals surface area contributed by atoms with E-state index in [1.165, 1.54) is 18.0 Å². The molecule has 0 bridgehead atoms. The molecule has 0 fully saturated rings. The molecule has 2 aromatic rings. The van der Waals surface area contributed by atoms with E-state index in [-0.39, 0.29) is 17.5 Å². The Morgan fingerprint density at radius 3 is 2.83 bits per heavy atom. The fraction of sp³-hybridized carbons (Fsp3) is 0.462. The number of aryl methyl sites for hydroxylation is 1. The number of aromatic nitrogens is 4. The second-order valence-corrected chi connectivity index (χ2v) is 5.44. The highest BCUT2D eigenvalue weighted by Gasteiger charge is 2.24. The van der Waals surface area contributed by atoms with Crippen LogP contribution in [0, 0.1) is 10.1 Å². The second-order valence-electron chi connectivity index (χ2n) is 5.00. The maximum atomic E-state index is 12.1. The van der Waals surface area contributed by atoms with Gasteiger partial charge in [-0.1, -0.05) is 11.6 Å². The summed E-state index contributed by atoms with van der Waals surface area (Å²) in [6.07, 6.45) is 5.08. The minimum Gasteiger partial charge on any atom is -0.475 e. The maximum Gasteiger partial charge on any atom is 0.350 e. The maximum absolute atomic E-state index is 12.1. The van der Waals surface area contributed by atoms with Gasteiger partial charge in [0.25, 0.3) is 0 Å². The Morgan fingerprint density at radius 1 is 1.54 bits per heavy atom. The van der Waals surface area contributed by atoms with Crippen molar-refractivity contribution in [3.05, 3.63) is 33.7 Å². The number of nitro groups is 1. The Bertz CT molecular complexity index is 728. The number of hydrogen-bond donors (Lipinski definition) is 1. The molecule has 1 amide bonds. The molecule has 1 atom stereocenters. The van der Waals surface area contributed by atoms with Gasteiger partial charge in [0.2, 0.25) is 5.91 Å². The minimum absolute atomic E-state index is 0.129. The zero-order valence-electron chi connectivity index (χ0n) is 13.2. The van der Waals surface area contributed by atoms with Gasteiger partial charge in [-0.15, -0.1) is 5.10 Å². The van der Waals surface area contributed by atoms with Crippen molar-refractivity contribution in [3.8, 4) is 5.88 Å². The van der Waals surface area contributed by atoms with E-state index >= 15 is 0 Å². The molecular formula is C13H17ClN6O4. The van der Waals surface area contributed by atoms with Gasteiger partial charge < -0.3 is 10.1 Å². The lowest BCUT2D eigenvalue weighted by Gasteiger charge is -2.12. The lowest BCUT2D eigenvalue weighted by Crippen LogP contribution is -2.32. The first-order chi connectivity index (χ1) is 11.4. The van der Waals surface area contributed by atoms with Crippen LogP contribution >= 0.6 is 11.6 Å². The molecule has 0 spiro atoms. The molecule has 10 nitrogen and oxygen atoms in total. The lowest BCUT2D eigenvalue weighted by molar-refractivity contribution is -0.385. The van der Waals surface area contributed by atoms with Crippen molar-refractivity contribution in [2.75, 3.05) is 13.7 Å². The number of ether oxygens (including phenoxy) is 1. The Balaban J connectivity index is 1.86. The number of carbonyl (C=O) groups is 1. The molecule has 0 saturated heterocycles. The van der Waals surface area contributed by atoms with Crippen molar-refractivity contribution in [1.29, 1.82) is 0 Å². The van der Waals surface area contributed by atoms with Gasteiger partial charge in [0, 0.05) is 19.3 Å². The van der Waals surface area contributed by atoms with Crippen LogP contribution in [0.2, 0.25) is 5.02 Å². The highest BCUT2D eigenvalue weighted by Crippen LogP contribution is 2.25. The monoisotopic (exact) mass is 356 g/mol. The smallest absolute Gasteiger partial charge is 0.350 e. The summed E-state index contributed by atoms with van der Waals surface area (Å²) >= 11 is 5.76. The first-order valence-corrected chi connectivity index (χ1v) is 7.53. The van der Waals surface area contributed by atoms with Crippen molar-refractivity contribution in [3.63, 3.8) is 0 Å². The van der Waals surface area contributed by atoms with Crippen LogP contribution in [-0.2, 0) is 11.3 Å². The highest BCUT2D eigenvalue weighted by atomic mass is 35.5. The summed E-state index contributed by atoms with van der Waals surface area (Å²) in [5.74, 6) is -0.427. The molecule has 0 aliphatic rings. The van der Waals surface area contributed by atoms with Gasteiger partial charge in [0.15, 0.2) is 0 Å². The van der Waals surface area contributed by atoms with E-state index in [9.17, 15) is 14.9 Å². The lowest BCUT2D eigenvalue weighted by atomic mass is 10.3. The van der Waals surface area contributed by atoms with Crippen molar-refractivity contribution in [2.24, 2.45) is 0 Å². The van der Waals surface area contributed by atoms with Crippen LogP contribution in [0.3, 0.4) is 0 Å². The van der Waals surface area contributed by atoms with Gasteiger partial charge in [0.1, 0.15) is 12.2 Å². The van der Waals surface area contributed by atoms with E-state index in [2.05, 4.69) is 15.5 Å². The molecule has 0 aliphatic carbocycles. The molecule has 0 radical (unpaired) electrons. The first kappa shape index (κ1) is 17.7.